The molecule has 112 valence electrons. The highest BCUT2D eigenvalue weighted by molar-refractivity contribution is 5.32. The van der Waals surface area contributed by atoms with Gasteiger partial charge in [-0.3, -0.25) is 0 Å². The van der Waals surface area contributed by atoms with Gasteiger partial charge in [-0.2, -0.15) is 0 Å². The van der Waals surface area contributed by atoms with E-state index in [4.69, 9.17) is 4.74 Å². The Morgan fingerprint density at radius 2 is 1.67 bits per heavy atom. The van der Waals surface area contributed by atoms with Gasteiger partial charge < -0.3 is 9.84 Å². The van der Waals surface area contributed by atoms with Gasteiger partial charge in [0.05, 0.1) is 6.10 Å². The number of unbranched alkanes of at least 4 members (excludes halogenated alkanes) is 1. The standard InChI is InChI=1S/C19H24O2/c1-16(15-18-12-5-6-13-19(18)20)21-14-8-7-11-17-9-3-2-4-10-17/h2-6,9-10,12-13,16,20H,7-8,11,14-15H2,1H3. The molecule has 0 saturated carbocycles. The van der Waals surface area contributed by atoms with Crippen molar-refractivity contribution in [2.75, 3.05) is 6.61 Å². The van der Waals surface area contributed by atoms with Gasteiger partial charge in [-0.15, -0.1) is 0 Å². The zero-order chi connectivity index (χ0) is 14.9. The minimum Gasteiger partial charge on any atom is -0.508 e. The van der Waals surface area contributed by atoms with E-state index in [0.29, 0.717) is 5.75 Å². The number of para-hydroxylation sites is 1. The summed E-state index contributed by atoms with van der Waals surface area (Å²) in [5, 5.41) is 9.74. The van der Waals surface area contributed by atoms with E-state index in [2.05, 4.69) is 31.2 Å². The van der Waals surface area contributed by atoms with Gasteiger partial charge in [-0.25, -0.2) is 0 Å². The Morgan fingerprint density at radius 1 is 0.952 bits per heavy atom. The van der Waals surface area contributed by atoms with Gasteiger partial charge in [-0.05, 0) is 43.4 Å². The number of hydrogen-bond acceptors (Lipinski definition) is 2. The van der Waals surface area contributed by atoms with Gasteiger partial charge >= 0.3 is 0 Å². The van der Waals surface area contributed by atoms with Crippen LogP contribution in [0, 0.1) is 0 Å². The summed E-state index contributed by atoms with van der Waals surface area (Å²) in [6.07, 6.45) is 4.21. The molecule has 0 aromatic heterocycles. The molecule has 2 nitrogen and oxygen atoms in total. The third kappa shape index (κ3) is 5.60. The van der Waals surface area contributed by atoms with E-state index in [-0.39, 0.29) is 6.10 Å². The zero-order valence-electron chi connectivity index (χ0n) is 12.7. The summed E-state index contributed by atoms with van der Waals surface area (Å²) in [5.41, 5.74) is 2.34. The van der Waals surface area contributed by atoms with Crippen molar-refractivity contribution in [3.05, 3.63) is 65.7 Å². The van der Waals surface area contributed by atoms with Crippen LogP contribution in [0.25, 0.3) is 0 Å². The summed E-state index contributed by atoms with van der Waals surface area (Å²) in [7, 11) is 0. The lowest BCUT2D eigenvalue weighted by molar-refractivity contribution is 0.0634. The molecule has 1 unspecified atom stereocenters. The van der Waals surface area contributed by atoms with Gasteiger partial charge in [0, 0.05) is 13.0 Å². The van der Waals surface area contributed by atoms with Crippen molar-refractivity contribution >= 4 is 0 Å². The normalized spacial score (nSPS) is 12.2. The molecular formula is C19H24O2. The summed E-state index contributed by atoms with van der Waals surface area (Å²) in [4.78, 5) is 0. The summed E-state index contributed by atoms with van der Waals surface area (Å²) >= 11 is 0. The van der Waals surface area contributed by atoms with Crippen LogP contribution in [0.3, 0.4) is 0 Å². The second-order valence-corrected chi connectivity index (χ2v) is 5.46. The van der Waals surface area contributed by atoms with E-state index in [1.807, 2.05) is 24.3 Å². The van der Waals surface area contributed by atoms with E-state index < -0.39 is 0 Å². The van der Waals surface area contributed by atoms with Crippen LogP contribution in [0.1, 0.15) is 30.9 Å². The van der Waals surface area contributed by atoms with E-state index in [0.717, 1.165) is 37.9 Å². The van der Waals surface area contributed by atoms with Crippen LogP contribution >= 0.6 is 0 Å². The molecule has 0 bridgehead atoms. The molecule has 2 heteroatoms. The van der Waals surface area contributed by atoms with Gasteiger partial charge in [0.1, 0.15) is 5.75 Å². The average Bonchev–Trinajstić information content (AvgIpc) is 2.50. The molecule has 2 aromatic rings. The maximum atomic E-state index is 9.74. The molecule has 0 heterocycles. The third-order valence-electron chi connectivity index (χ3n) is 3.60. The smallest absolute Gasteiger partial charge is 0.118 e. The molecule has 0 saturated heterocycles. The second-order valence-electron chi connectivity index (χ2n) is 5.46. The number of ether oxygens (including phenoxy) is 1. The maximum Gasteiger partial charge on any atom is 0.118 e. The van der Waals surface area contributed by atoms with Crippen molar-refractivity contribution in [2.45, 2.75) is 38.7 Å². The van der Waals surface area contributed by atoms with Gasteiger partial charge in [0.2, 0.25) is 0 Å². The third-order valence-corrected chi connectivity index (χ3v) is 3.60. The Hall–Kier alpha value is -1.80. The molecule has 21 heavy (non-hydrogen) atoms. The zero-order valence-corrected chi connectivity index (χ0v) is 12.7. The summed E-state index contributed by atoms with van der Waals surface area (Å²) in [6, 6.07) is 18.0. The SMILES string of the molecule is CC(Cc1ccccc1O)OCCCCc1ccccc1. The monoisotopic (exact) mass is 284 g/mol. The molecule has 1 atom stereocenters. The largest absolute Gasteiger partial charge is 0.508 e. The fourth-order valence-electron chi connectivity index (χ4n) is 2.41. The second kappa shape index (κ2) is 8.48. The van der Waals surface area contributed by atoms with Crippen molar-refractivity contribution < 1.29 is 9.84 Å². The molecule has 0 aliphatic carbocycles. The van der Waals surface area contributed by atoms with E-state index in [1.165, 1.54) is 5.56 Å². The molecule has 0 aliphatic heterocycles. The van der Waals surface area contributed by atoms with Crippen LogP contribution in [0.4, 0.5) is 0 Å². The van der Waals surface area contributed by atoms with Crippen molar-refractivity contribution in [3.63, 3.8) is 0 Å². The number of rotatable bonds is 8. The van der Waals surface area contributed by atoms with Crippen LogP contribution in [-0.4, -0.2) is 17.8 Å². The summed E-state index contributed by atoms with van der Waals surface area (Å²) < 4.78 is 5.83. The first kappa shape index (κ1) is 15.6. The van der Waals surface area contributed by atoms with Crippen molar-refractivity contribution in [2.24, 2.45) is 0 Å². The van der Waals surface area contributed by atoms with Crippen LogP contribution in [0.5, 0.6) is 5.75 Å². The van der Waals surface area contributed by atoms with Gasteiger partial charge in [-0.1, -0.05) is 48.5 Å². The number of aryl methyl sites for hydroxylation is 1. The quantitative estimate of drug-likeness (QED) is 0.730. The highest BCUT2D eigenvalue weighted by Gasteiger charge is 2.07. The molecule has 0 amide bonds. The average molecular weight is 284 g/mol. The molecule has 1 N–H and O–H groups in total. The number of phenols is 1. The Labute approximate surface area is 127 Å². The number of phenolic OH excluding ortho intramolecular Hbond substituents is 1. The Bertz CT molecular complexity index is 522. The lowest BCUT2D eigenvalue weighted by Crippen LogP contribution is -2.12. The van der Waals surface area contributed by atoms with Crippen molar-refractivity contribution in [1.29, 1.82) is 0 Å². The first-order valence-electron chi connectivity index (χ1n) is 7.68. The molecule has 0 radical (unpaired) electrons. The van der Waals surface area contributed by atoms with E-state index in [1.54, 1.807) is 6.07 Å². The fraction of sp³-hybridized carbons (Fsp3) is 0.368. The molecular weight excluding hydrogens is 260 g/mol. The van der Waals surface area contributed by atoms with Crippen molar-refractivity contribution in [3.8, 4) is 5.75 Å². The molecule has 0 aliphatic rings. The number of hydrogen-bond donors (Lipinski definition) is 1. The Kier molecular flexibility index (Phi) is 6.29. The minimum absolute atomic E-state index is 0.134. The molecule has 0 spiro atoms. The lowest BCUT2D eigenvalue weighted by atomic mass is 10.1. The van der Waals surface area contributed by atoms with E-state index in [9.17, 15) is 5.11 Å². The first-order valence-corrected chi connectivity index (χ1v) is 7.68. The summed E-state index contributed by atoms with van der Waals surface area (Å²) in [5.74, 6) is 0.358. The fourth-order valence-corrected chi connectivity index (χ4v) is 2.41. The predicted molar refractivity (Wildman–Crippen MR) is 86.6 cm³/mol. The van der Waals surface area contributed by atoms with Crippen LogP contribution in [0.15, 0.2) is 54.6 Å². The lowest BCUT2D eigenvalue weighted by Gasteiger charge is -2.14. The Balaban J connectivity index is 1.61. The molecule has 2 aromatic carbocycles. The molecule has 2 rings (SSSR count). The highest BCUT2D eigenvalue weighted by atomic mass is 16.5. The maximum absolute atomic E-state index is 9.74. The number of benzene rings is 2. The predicted octanol–water partition coefficient (Wildman–Crippen LogP) is 4.36. The molecule has 0 fully saturated rings. The van der Waals surface area contributed by atoms with Gasteiger partial charge in [0.15, 0.2) is 0 Å². The van der Waals surface area contributed by atoms with E-state index >= 15 is 0 Å². The minimum atomic E-state index is 0.134. The van der Waals surface area contributed by atoms with Crippen LogP contribution in [0.2, 0.25) is 0 Å². The van der Waals surface area contributed by atoms with Crippen LogP contribution < -0.4 is 0 Å². The van der Waals surface area contributed by atoms with Crippen LogP contribution in [-0.2, 0) is 17.6 Å². The van der Waals surface area contributed by atoms with Gasteiger partial charge in [0.25, 0.3) is 0 Å². The Morgan fingerprint density at radius 3 is 2.43 bits per heavy atom. The summed E-state index contributed by atoms with van der Waals surface area (Å²) in [6.45, 7) is 2.84. The first-order chi connectivity index (χ1) is 10.3. The van der Waals surface area contributed by atoms with Crippen molar-refractivity contribution in [1.82, 2.24) is 0 Å². The topological polar surface area (TPSA) is 29.5 Å². The highest BCUT2D eigenvalue weighted by Crippen LogP contribution is 2.18. The number of aromatic hydroxyl groups is 1.